The van der Waals surface area contributed by atoms with Crippen LogP contribution in [-0.4, -0.2) is 5.78 Å². The molecule has 0 spiro atoms. The Bertz CT molecular complexity index is 688. The summed E-state index contributed by atoms with van der Waals surface area (Å²) in [5, 5.41) is -0.0918. The molecule has 0 aromatic heterocycles. The molecule has 20 heavy (non-hydrogen) atoms. The number of rotatable bonds is 3. The Balaban J connectivity index is 2.35. The molecule has 0 saturated carbocycles. The highest BCUT2D eigenvalue weighted by Crippen LogP contribution is 2.25. The maximum absolute atomic E-state index is 13.8. The van der Waals surface area contributed by atoms with Crippen LogP contribution < -0.4 is 0 Å². The van der Waals surface area contributed by atoms with Gasteiger partial charge in [0.15, 0.2) is 5.78 Å². The molecule has 0 amide bonds. The summed E-state index contributed by atoms with van der Waals surface area (Å²) in [5.41, 5.74) is -0.336. The lowest BCUT2D eigenvalue weighted by molar-refractivity contribution is 0.0990. The van der Waals surface area contributed by atoms with Gasteiger partial charge in [0.1, 0.15) is 17.5 Å². The molecule has 2 aromatic carbocycles. The predicted molar refractivity (Wildman–Crippen MR) is 73.5 cm³/mol. The molecule has 0 radical (unpaired) electrons. The van der Waals surface area contributed by atoms with E-state index in [1.807, 2.05) is 0 Å². The summed E-state index contributed by atoms with van der Waals surface area (Å²) in [7, 11) is 0. The molecule has 0 atom stereocenters. The number of benzene rings is 2. The van der Waals surface area contributed by atoms with Crippen molar-refractivity contribution in [3.63, 3.8) is 0 Å². The molecule has 0 fully saturated rings. The van der Waals surface area contributed by atoms with Gasteiger partial charge in [-0.15, -0.1) is 0 Å². The molecule has 104 valence electrons. The van der Waals surface area contributed by atoms with Crippen LogP contribution in [0.2, 0.25) is 5.02 Å². The van der Waals surface area contributed by atoms with Crippen LogP contribution >= 0.6 is 27.5 Å². The average molecular weight is 364 g/mol. The normalized spacial score (nSPS) is 10.7. The van der Waals surface area contributed by atoms with E-state index in [0.29, 0.717) is 0 Å². The Hall–Kier alpha value is -1.33. The van der Waals surface area contributed by atoms with Crippen molar-refractivity contribution in [3.05, 3.63) is 68.4 Å². The second-order valence-corrected chi connectivity index (χ2v) is 5.31. The van der Waals surface area contributed by atoms with Crippen molar-refractivity contribution in [1.29, 1.82) is 0 Å². The first kappa shape index (κ1) is 15.1. The first-order valence-corrected chi connectivity index (χ1v) is 6.68. The first-order chi connectivity index (χ1) is 9.40. The highest BCUT2D eigenvalue weighted by Gasteiger charge is 2.18. The third kappa shape index (κ3) is 3.04. The second kappa shape index (κ2) is 5.97. The van der Waals surface area contributed by atoms with E-state index in [1.165, 1.54) is 12.1 Å². The van der Waals surface area contributed by atoms with E-state index in [0.717, 1.165) is 18.2 Å². The molecule has 0 N–H and O–H groups in total. The van der Waals surface area contributed by atoms with Crippen LogP contribution in [0.5, 0.6) is 0 Å². The number of carbonyl (C=O) groups is 1. The second-order valence-electron chi connectivity index (χ2n) is 4.05. The summed E-state index contributed by atoms with van der Waals surface area (Å²) >= 11 is 8.67. The van der Waals surface area contributed by atoms with E-state index in [2.05, 4.69) is 15.9 Å². The van der Waals surface area contributed by atoms with Gasteiger partial charge >= 0.3 is 0 Å². The van der Waals surface area contributed by atoms with Gasteiger partial charge in [0.2, 0.25) is 0 Å². The van der Waals surface area contributed by atoms with Gasteiger partial charge in [-0.1, -0.05) is 11.6 Å². The first-order valence-electron chi connectivity index (χ1n) is 5.50. The summed E-state index contributed by atoms with van der Waals surface area (Å²) in [5.74, 6) is -2.84. The fourth-order valence-electron chi connectivity index (χ4n) is 1.70. The van der Waals surface area contributed by atoms with Crippen molar-refractivity contribution in [1.82, 2.24) is 0 Å². The van der Waals surface area contributed by atoms with Crippen LogP contribution in [0.1, 0.15) is 15.9 Å². The molecule has 0 aliphatic heterocycles. The molecule has 0 saturated heterocycles. The summed E-state index contributed by atoms with van der Waals surface area (Å²) in [4.78, 5) is 12.0. The van der Waals surface area contributed by atoms with Crippen molar-refractivity contribution in [3.8, 4) is 0 Å². The van der Waals surface area contributed by atoms with Crippen molar-refractivity contribution in [2.75, 3.05) is 0 Å². The Labute approximate surface area is 126 Å². The number of carbonyl (C=O) groups excluding carboxylic acids is 1. The van der Waals surface area contributed by atoms with E-state index < -0.39 is 29.7 Å². The van der Waals surface area contributed by atoms with Crippen molar-refractivity contribution in [2.24, 2.45) is 0 Å². The summed E-state index contributed by atoms with van der Waals surface area (Å²) in [6.07, 6.45) is -0.498. The van der Waals surface area contributed by atoms with E-state index in [9.17, 15) is 18.0 Å². The monoisotopic (exact) mass is 362 g/mol. The molecular formula is C14H7BrClF3O. The molecule has 0 aliphatic carbocycles. The minimum atomic E-state index is -0.836. The van der Waals surface area contributed by atoms with Gasteiger partial charge in [0.25, 0.3) is 0 Å². The number of halogens is 5. The third-order valence-electron chi connectivity index (χ3n) is 2.71. The quantitative estimate of drug-likeness (QED) is 0.557. The van der Waals surface area contributed by atoms with Crippen LogP contribution in [0.4, 0.5) is 13.2 Å². The highest BCUT2D eigenvalue weighted by molar-refractivity contribution is 9.10. The number of hydrogen-bond donors (Lipinski definition) is 0. The minimum Gasteiger partial charge on any atom is -0.294 e. The zero-order valence-corrected chi connectivity index (χ0v) is 12.2. The molecule has 0 aliphatic rings. The maximum Gasteiger partial charge on any atom is 0.168 e. The van der Waals surface area contributed by atoms with Gasteiger partial charge in [0, 0.05) is 17.5 Å². The largest absolute Gasteiger partial charge is 0.294 e. The van der Waals surface area contributed by atoms with Gasteiger partial charge in [-0.25, -0.2) is 13.2 Å². The fourth-order valence-corrected chi connectivity index (χ4v) is 2.35. The van der Waals surface area contributed by atoms with Crippen molar-refractivity contribution >= 4 is 33.3 Å². The van der Waals surface area contributed by atoms with E-state index >= 15 is 0 Å². The van der Waals surface area contributed by atoms with Crippen LogP contribution in [0.25, 0.3) is 0 Å². The fraction of sp³-hybridized carbons (Fsp3) is 0.0714. The number of hydrogen-bond acceptors (Lipinski definition) is 1. The average Bonchev–Trinajstić information content (AvgIpc) is 2.39. The SMILES string of the molecule is O=C(Cc1c(F)ccc(Br)c1F)c1ccc(F)cc1Cl. The van der Waals surface area contributed by atoms with Crippen LogP contribution in [0.3, 0.4) is 0 Å². The van der Waals surface area contributed by atoms with Crippen molar-refractivity contribution < 1.29 is 18.0 Å². The summed E-state index contributed by atoms with van der Waals surface area (Å²) in [6.45, 7) is 0. The smallest absolute Gasteiger partial charge is 0.168 e. The van der Waals surface area contributed by atoms with Gasteiger partial charge in [0.05, 0.1) is 9.50 Å². The van der Waals surface area contributed by atoms with Gasteiger partial charge in [-0.3, -0.25) is 4.79 Å². The standard InChI is InChI=1S/C14H7BrClF3O/c15-10-3-4-12(18)9(14(10)19)6-13(20)8-2-1-7(17)5-11(8)16/h1-5H,6H2. The van der Waals surface area contributed by atoms with Crippen LogP contribution in [0, 0.1) is 17.5 Å². The molecule has 2 rings (SSSR count). The minimum absolute atomic E-state index is 0.0202. The van der Waals surface area contributed by atoms with E-state index in [4.69, 9.17) is 11.6 Å². The lowest BCUT2D eigenvalue weighted by Gasteiger charge is -2.07. The Morgan fingerprint density at radius 1 is 1.15 bits per heavy atom. The lowest BCUT2D eigenvalue weighted by Crippen LogP contribution is -2.08. The lowest BCUT2D eigenvalue weighted by atomic mass is 10.0. The topological polar surface area (TPSA) is 17.1 Å². The molecule has 0 bridgehead atoms. The van der Waals surface area contributed by atoms with Gasteiger partial charge in [-0.2, -0.15) is 0 Å². The Morgan fingerprint density at radius 3 is 2.50 bits per heavy atom. The number of ketones is 1. The molecule has 0 heterocycles. The molecule has 0 unspecified atom stereocenters. The molecule has 2 aromatic rings. The highest BCUT2D eigenvalue weighted by atomic mass is 79.9. The van der Waals surface area contributed by atoms with E-state index in [1.54, 1.807) is 0 Å². The predicted octanol–water partition coefficient (Wildman–Crippen LogP) is 4.95. The third-order valence-corrected chi connectivity index (χ3v) is 3.63. The van der Waals surface area contributed by atoms with Crippen LogP contribution in [0.15, 0.2) is 34.8 Å². The maximum atomic E-state index is 13.8. The zero-order valence-electron chi connectivity index (χ0n) is 9.89. The zero-order chi connectivity index (χ0) is 14.9. The van der Waals surface area contributed by atoms with Gasteiger partial charge < -0.3 is 0 Å². The molecule has 1 nitrogen and oxygen atoms in total. The molecular weight excluding hydrogens is 357 g/mol. The summed E-state index contributed by atoms with van der Waals surface area (Å²) in [6, 6.07) is 5.49. The summed E-state index contributed by atoms with van der Waals surface area (Å²) < 4.78 is 40.3. The Morgan fingerprint density at radius 2 is 1.85 bits per heavy atom. The van der Waals surface area contributed by atoms with Gasteiger partial charge in [-0.05, 0) is 46.3 Å². The molecule has 6 heteroatoms. The van der Waals surface area contributed by atoms with E-state index in [-0.39, 0.29) is 20.6 Å². The Kier molecular flexibility index (Phi) is 4.50. The van der Waals surface area contributed by atoms with Crippen LogP contribution in [-0.2, 0) is 6.42 Å². The van der Waals surface area contributed by atoms with Crippen molar-refractivity contribution in [2.45, 2.75) is 6.42 Å². The number of Topliss-reactive ketones (excluding diaryl/α,β-unsaturated/α-hetero) is 1.